The van der Waals surface area contributed by atoms with Crippen LogP contribution in [0.5, 0.6) is 0 Å². The van der Waals surface area contributed by atoms with E-state index in [4.69, 9.17) is 11.6 Å². The number of benzene rings is 1. The van der Waals surface area contributed by atoms with Crippen LogP contribution < -0.4 is 0 Å². The van der Waals surface area contributed by atoms with Gasteiger partial charge in [0.2, 0.25) is 5.91 Å². The molecule has 2 heterocycles. The van der Waals surface area contributed by atoms with Gasteiger partial charge < -0.3 is 10.0 Å². The van der Waals surface area contributed by atoms with Gasteiger partial charge in [-0.3, -0.25) is 9.89 Å². The Labute approximate surface area is 184 Å². The third-order valence-electron chi connectivity index (χ3n) is 7.63. The molecule has 1 aliphatic carbocycles. The lowest BCUT2D eigenvalue weighted by atomic mass is 9.68. The average molecular weight is 432 g/mol. The largest absolute Gasteiger partial charge is 0.388 e. The summed E-state index contributed by atoms with van der Waals surface area (Å²) in [5, 5.41) is 20.0. The van der Waals surface area contributed by atoms with Crippen molar-refractivity contribution in [1.82, 2.24) is 15.1 Å². The first-order chi connectivity index (χ1) is 14.4. The van der Waals surface area contributed by atoms with Crippen LogP contribution in [-0.2, 0) is 4.79 Å². The summed E-state index contributed by atoms with van der Waals surface area (Å²) in [6.45, 7) is 5.85. The van der Waals surface area contributed by atoms with Gasteiger partial charge in [-0.05, 0) is 55.1 Å². The van der Waals surface area contributed by atoms with Crippen LogP contribution in [0.2, 0.25) is 5.02 Å². The summed E-state index contributed by atoms with van der Waals surface area (Å²) in [6, 6.07) is 3.71. The summed E-state index contributed by atoms with van der Waals surface area (Å²) in [5.74, 6) is 1.25. The first kappa shape index (κ1) is 21.6. The van der Waals surface area contributed by atoms with Gasteiger partial charge in [0, 0.05) is 35.5 Å². The van der Waals surface area contributed by atoms with E-state index in [-0.39, 0.29) is 5.41 Å². The molecule has 5 nitrogen and oxygen atoms in total. The molecule has 1 aliphatic heterocycles. The second-order valence-corrected chi connectivity index (χ2v) is 10.4. The van der Waals surface area contributed by atoms with Crippen molar-refractivity contribution < 1.29 is 9.90 Å². The lowest BCUT2D eigenvalue weighted by molar-refractivity contribution is -0.135. The van der Waals surface area contributed by atoms with Gasteiger partial charge in [0.1, 0.15) is 0 Å². The van der Waals surface area contributed by atoms with Crippen LogP contribution in [0.3, 0.4) is 0 Å². The number of aromatic amines is 1. The summed E-state index contributed by atoms with van der Waals surface area (Å²) >= 11 is 6.30. The predicted octanol–water partition coefficient (Wildman–Crippen LogP) is 5.48. The van der Waals surface area contributed by atoms with Gasteiger partial charge in [0.15, 0.2) is 0 Å². The van der Waals surface area contributed by atoms with E-state index in [0.717, 1.165) is 48.8 Å². The SMILES string of the molecule is CC(C)(C1CCN(C(=O)CC2CCCCC2)CC1)C(O)c1cc(Cl)cc2cn[nH]c12. The summed E-state index contributed by atoms with van der Waals surface area (Å²) in [6.07, 6.45) is 9.95. The van der Waals surface area contributed by atoms with Gasteiger partial charge >= 0.3 is 0 Å². The number of piperidine rings is 1. The Balaban J connectivity index is 1.40. The third-order valence-corrected chi connectivity index (χ3v) is 7.85. The molecule has 1 unspecified atom stereocenters. The van der Waals surface area contributed by atoms with E-state index in [0.29, 0.717) is 22.8 Å². The molecule has 4 rings (SSSR count). The van der Waals surface area contributed by atoms with Crippen molar-refractivity contribution in [2.45, 2.75) is 71.3 Å². The van der Waals surface area contributed by atoms with Crippen molar-refractivity contribution in [3.8, 4) is 0 Å². The Bertz CT molecular complexity index is 880. The molecule has 2 N–H and O–H groups in total. The van der Waals surface area contributed by atoms with Crippen molar-refractivity contribution in [3.05, 3.63) is 28.9 Å². The minimum atomic E-state index is -0.659. The highest BCUT2D eigenvalue weighted by molar-refractivity contribution is 6.31. The molecular formula is C24H34ClN3O2. The lowest BCUT2D eigenvalue weighted by Crippen LogP contribution is -2.44. The highest BCUT2D eigenvalue weighted by atomic mass is 35.5. The summed E-state index contributed by atoms with van der Waals surface area (Å²) in [7, 11) is 0. The van der Waals surface area contributed by atoms with Crippen molar-refractivity contribution >= 4 is 28.4 Å². The Kier molecular flexibility index (Phi) is 6.40. The quantitative estimate of drug-likeness (QED) is 0.658. The number of aliphatic hydroxyl groups is 1. The lowest BCUT2D eigenvalue weighted by Gasteiger charge is -2.43. The van der Waals surface area contributed by atoms with E-state index >= 15 is 0 Å². The van der Waals surface area contributed by atoms with E-state index < -0.39 is 6.10 Å². The Morgan fingerprint density at radius 2 is 1.93 bits per heavy atom. The van der Waals surface area contributed by atoms with Crippen molar-refractivity contribution in [2.24, 2.45) is 17.3 Å². The number of nitrogens with zero attached hydrogens (tertiary/aromatic N) is 2. The van der Waals surface area contributed by atoms with Crippen LogP contribution in [0.25, 0.3) is 10.9 Å². The number of nitrogens with one attached hydrogen (secondary N) is 1. The van der Waals surface area contributed by atoms with Gasteiger partial charge in [-0.2, -0.15) is 5.10 Å². The van der Waals surface area contributed by atoms with Gasteiger partial charge in [-0.15, -0.1) is 0 Å². The fraction of sp³-hybridized carbons (Fsp3) is 0.667. The van der Waals surface area contributed by atoms with Crippen molar-refractivity contribution in [1.29, 1.82) is 0 Å². The van der Waals surface area contributed by atoms with E-state index in [1.165, 1.54) is 32.1 Å². The number of likely N-dealkylation sites (tertiary alicyclic amines) is 1. The zero-order valence-electron chi connectivity index (χ0n) is 18.2. The first-order valence-electron chi connectivity index (χ1n) is 11.4. The summed E-state index contributed by atoms with van der Waals surface area (Å²) < 4.78 is 0. The smallest absolute Gasteiger partial charge is 0.222 e. The molecule has 1 saturated carbocycles. The highest BCUT2D eigenvalue weighted by Gasteiger charge is 2.40. The standard InChI is InChI=1S/C24H34ClN3O2/c1-24(2,23(30)20-14-19(25)13-17-15-26-27-22(17)20)18-8-10-28(11-9-18)21(29)12-16-6-4-3-5-7-16/h13-16,18,23,30H,3-12H2,1-2H3,(H,26,27). The molecule has 2 aromatic rings. The van der Waals surface area contributed by atoms with Gasteiger partial charge in [0.05, 0.1) is 17.8 Å². The molecule has 1 aromatic heterocycles. The number of hydrogen-bond donors (Lipinski definition) is 2. The van der Waals surface area contributed by atoms with E-state index in [9.17, 15) is 9.90 Å². The van der Waals surface area contributed by atoms with Crippen LogP contribution in [-0.4, -0.2) is 39.2 Å². The number of hydrogen-bond acceptors (Lipinski definition) is 3. The second-order valence-electron chi connectivity index (χ2n) is 9.92. The Morgan fingerprint density at radius 3 is 2.63 bits per heavy atom. The Hall–Kier alpha value is -1.59. The van der Waals surface area contributed by atoms with E-state index in [2.05, 4.69) is 28.9 Å². The van der Waals surface area contributed by atoms with E-state index in [1.807, 2.05) is 12.1 Å². The highest BCUT2D eigenvalue weighted by Crippen LogP contribution is 2.46. The molecule has 1 saturated heterocycles. The zero-order chi connectivity index (χ0) is 21.3. The number of halogens is 1. The van der Waals surface area contributed by atoms with Crippen molar-refractivity contribution in [3.63, 3.8) is 0 Å². The molecule has 164 valence electrons. The average Bonchev–Trinajstić information content (AvgIpc) is 3.21. The number of H-pyrrole nitrogens is 1. The van der Waals surface area contributed by atoms with Crippen molar-refractivity contribution in [2.75, 3.05) is 13.1 Å². The number of carbonyl (C=O) groups is 1. The van der Waals surface area contributed by atoms with Crippen LogP contribution in [0.15, 0.2) is 18.3 Å². The molecule has 30 heavy (non-hydrogen) atoms. The number of aromatic nitrogens is 2. The molecule has 0 spiro atoms. The van der Waals surface area contributed by atoms with Crippen LogP contribution in [0.4, 0.5) is 0 Å². The van der Waals surface area contributed by atoms with Crippen LogP contribution in [0.1, 0.15) is 76.9 Å². The molecule has 2 fully saturated rings. The number of rotatable bonds is 5. The summed E-state index contributed by atoms with van der Waals surface area (Å²) in [4.78, 5) is 14.8. The molecule has 0 radical (unpaired) electrons. The van der Waals surface area contributed by atoms with Crippen LogP contribution in [0, 0.1) is 17.3 Å². The zero-order valence-corrected chi connectivity index (χ0v) is 18.9. The van der Waals surface area contributed by atoms with Gasteiger partial charge in [0.25, 0.3) is 0 Å². The van der Waals surface area contributed by atoms with Crippen LogP contribution >= 0.6 is 11.6 Å². The molecule has 6 heteroatoms. The number of amides is 1. The fourth-order valence-corrected chi connectivity index (χ4v) is 5.76. The maximum atomic E-state index is 12.8. The monoisotopic (exact) mass is 431 g/mol. The molecule has 0 bridgehead atoms. The van der Waals surface area contributed by atoms with Gasteiger partial charge in [-0.25, -0.2) is 0 Å². The molecule has 1 aromatic carbocycles. The normalized spacial score (nSPS) is 20.6. The molecule has 1 atom stereocenters. The second kappa shape index (κ2) is 8.88. The number of aliphatic hydroxyl groups excluding tert-OH is 1. The topological polar surface area (TPSA) is 69.2 Å². The minimum absolute atomic E-state index is 0.327. The third kappa shape index (κ3) is 4.38. The molecule has 1 amide bonds. The number of fused-ring (bicyclic) bond motifs is 1. The Morgan fingerprint density at radius 1 is 1.23 bits per heavy atom. The summed E-state index contributed by atoms with van der Waals surface area (Å²) in [5.41, 5.74) is 1.32. The number of carbonyl (C=O) groups excluding carboxylic acids is 1. The maximum Gasteiger partial charge on any atom is 0.222 e. The van der Waals surface area contributed by atoms with Gasteiger partial charge in [-0.1, -0.05) is 44.7 Å². The minimum Gasteiger partial charge on any atom is -0.388 e. The molecular weight excluding hydrogens is 398 g/mol. The van der Waals surface area contributed by atoms with E-state index in [1.54, 1.807) is 6.20 Å². The predicted molar refractivity (Wildman–Crippen MR) is 120 cm³/mol. The first-order valence-corrected chi connectivity index (χ1v) is 11.8. The fourth-order valence-electron chi connectivity index (χ4n) is 5.53. The molecule has 2 aliphatic rings. The maximum absolute atomic E-state index is 12.8.